The van der Waals surface area contributed by atoms with E-state index in [1.807, 2.05) is 32.0 Å². The lowest BCUT2D eigenvalue weighted by atomic mass is 9.87. The Hall–Kier alpha value is -3.95. The summed E-state index contributed by atoms with van der Waals surface area (Å²) >= 11 is 5.43. The van der Waals surface area contributed by atoms with Gasteiger partial charge in [0.15, 0.2) is 0 Å². The smallest absolute Gasteiger partial charge is 0.404 e. The monoisotopic (exact) mass is 763 g/mol. The molecule has 2 fully saturated rings. The Labute approximate surface area is 305 Å². The van der Waals surface area contributed by atoms with Crippen LogP contribution in [-0.4, -0.2) is 71.6 Å². The van der Waals surface area contributed by atoms with E-state index in [-0.39, 0.29) is 59.8 Å². The number of aromatic nitrogens is 2. The zero-order valence-electron chi connectivity index (χ0n) is 29.0. The van der Waals surface area contributed by atoms with Crippen molar-refractivity contribution in [1.82, 2.24) is 14.9 Å². The molecule has 2 aromatic carbocycles. The Morgan fingerprint density at radius 1 is 1.12 bits per heavy atom. The molecule has 2 heterocycles. The number of anilines is 1. The molecule has 1 amide bonds. The molecule has 3 aromatic rings. The van der Waals surface area contributed by atoms with Gasteiger partial charge in [-0.25, -0.2) is 22.9 Å². The largest absolute Gasteiger partial charge is 0.475 e. The summed E-state index contributed by atoms with van der Waals surface area (Å²) in [5.41, 5.74) is 5.96. The first kappa shape index (κ1) is 37.8. The predicted molar refractivity (Wildman–Crippen MR) is 188 cm³/mol. The fraction of sp³-hybridized carbons (Fsp3) is 0.500. The number of fused-ring (bicyclic) bond motifs is 4. The van der Waals surface area contributed by atoms with Crippen molar-refractivity contribution >= 4 is 38.9 Å². The Bertz CT molecular complexity index is 1950. The summed E-state index contributed by atoms with van der Waals surface area (Å²) in [7, 11) is -4.55. The first-order chi connectivity index (χ1) is 24.5. The van der Waals surface area contributed by atoms with E-state index in [4.69, 9.17) is 26.8 Å². The van der Waals surface area contributed by atoms with Crippen LogP contribution in [0.25, 0.3) is 11.3 Å². The van der Waals surface area contributed by atoms with Crippen molar-refractivity contribution < 1.29 is 40.7 Å². The first-order valence-corrected chi connectivity index (χ1v) is 19.1. The van der Waals surface area contributed by atoms with Crippen LogP contribution >= 0.6 is 11.6 Å². The molecule has 11 nitrogen and oxygen atoms in total. The molecule has 0 spiro atoms. The maximum atomic E-state index is 14.7. The SMILES string of the molecule is Cc1cccc(C)c1-c1cc2nc(n1)NS(=O)(=O)c1cc(ccc1CC(C)OC(=O)Cl)C(=O)N(C1CCC(N)CC1)[C@H](CC1(C(F)(F)F)CC1)CO2. The van der Waals surface area contributed by atoms with Crippen molar-refractivity contribution in [3.8, 4) is 17.1 Å². The lowest BCUT2D eigenvalue weighted by molar-refractivity contribution is -0.193. The summed E-state index contributed by atoms with van der Waals surface area (Å²) in [6, 6.07) is 9.50. The van der Waals surface area contributed by atoms with Crippen LogP contribution in [0.4, 0.5) is 23.9 Å². The number of alkyl halides is 3. The summed E-state index contributed by atoms with van der Waals surface area (Å²) in [5, 5.41) is 0. The molecule has 6 rings (SSSR count). The zero-order valence-corrected chi connectivity index (χ0v) is 30.6. The highest BCUT2D eigenvalue weighted by Gasteiger charge is 2.64. The summed E-state index contributed by atoms with van der Waals surface area (Å²) < 4.78 is 85.8. The van der Waals surface area contributed by atoms with Gasteiger partial charge in [0.25, 0.3) is 15.9 Å². The Morgan fingerprint density at radius 3 is 2.40 bits per heavy atom. The van der Waals surface area contributed by atoms with Gasteiger partial charge >= 0.3 is 11.6 Å². The highest BCUT2D eigenvalue weighted by atomic mass is 35.5. The molecule has 280 valence electrons. The maximum Gasteiger partial charge on any atom is 0.404 e. The number of hydrogen-bond acceptors (Lipinski definition) is 9. The number of hydrogen-bond donors (Lipinski definition) is 2. The van der Waals surface area contributed by atoms with Gasteiger partial charge < -0.3 is 20.1 Å². The van der Waals surface area contributed by atoms with E-state index in [2.05, 4.69) is 14.7 Å². The third-order valence-electron chi connectivity index (χ3n) is 10.3. The number of carbonyl (C=O) groups is 2. The van der Waals surface area contributed by atoms with Gasteiger partial charge in [0.1, 0.15) is 12.7 Å². The highest BCUT2D eigenvalue weighted by molar-refractivity contribution is 7.92. The van der Waals surface area contributed by atoms with Crippen LogP contribution in [0.1, 0.15) is 78.9 Å². The van der Waals surface area contributed by atoms with Gasteiger partial charge in [-0.05, 0) is 94.5 Å². The van der Waals surface area contributed by atoms with Gasteiger partial charge in [0.05, 0.1) is 22.0 Å². The highest BCUT2D eigenvalue weighted by Crippen LogP contribution is 2.61. The molecule has 1 aromatic heterocycles. The van der Waals surface area contributed by atoms with Crippen LogP contribution in [0.3, 0.4) is 0 Å². The van der Waals surface area contributed by atoms with E-state index in [0.717, 1.165) is 11.1 Å². The number of carbonyl (C=O) groups excluding carboxylic acids is 2. The van der Waals surface area contributed by atoms with E-state index >= 15 is 0 Å². The number of rotatable bonds is 7. The second-order valence-corrected chi connectivity index (χ2v) is 16.2. The summed E-state index contributed by atoms with van der Waals surface area (Å²) in [4.78, 5) is 36.2. The number of sulfonamides is 1. The quantitative estimate of drug-likeness (QED) is 0.241. The summed E-state index contributed by atoms with van der Waals surface area (Å²) in [5.74, 6) is -1.07. The van der Waals surface area contributed by atoms with Crippen LogP contribution in [0.15, 0.2) is 47.4 Å². The van der Waals surface area contributed by atoms with Crippen LogP contribution in [0, 0.1) is 19.3 Å². The van der Waals surface area contributed by atoms with Crippen LogP contribution in [0.2, 0.25) is 0 Å². The number of amides is 1. The molecule has 0 radical (unpaired) electrons. The lowest BCUT2D eigenvalue weighted by Gasteiger charge is -2.42. The topological polar surface area (TPSA) is 154 Å². The van der Waals surface area contributed by atoms with Crippen molar-refractivity contribution in [3.05, 3.63) is 64.7 Å². The van der Waals surface area contributed by atoms with Gasteiger partial charge in [0.2, 0.25) is 11.8 Å². The normalized spacial score (nSPS) is 23.2. The van der Waals surface area contributed by atoms with E-state index in [9.17, 15) is 31.2 Å². The number of nitrogens with zero attached hydrogens (tertiary/aromatic N) is 3. The van der Waals surface area contributed by atoms with E-state index < -0.39 is 57.6 Å². The predicted octanol–water partition coefficient (Wildman–Crippen LogP) is 7.07. The molecule has 3 N–H and O–H groups in total. The van der Waals surface area contributed by atoms with Crippen molar-refractivity contribution in [2.24, 2.45) is 11.1 Å². The van der Waals surface area contributed by atoms with E-state index in [1.165, 1.54) is 36.1 Å². The minimum Gasteiger partial charge on any atom is -0.475 e. The molecule has 3 aliphatic rings. The van der Waals surface area contributed by atoms with Gasteiger partial charge in [0, 0.05) is 47.3 Å². The number of nitrogens with one attached hydrogen (secondary N) is 1. The minimum atomic E-state index is -4.55. The molecule has 0 saturated heterocycles. The molecule has 1 aliphatic heterocycles. The number of ether oxygens (including phenoxy) is 2. The number of nitrogens with two attached hydrogens (primary N) is 1. The van der Waals surface area contributed by atoms with Gasteiger partial charge in [-0.1, -0.05) is 24.3 Å². The molecule has 16 heteroatoms. The lowest BCUT2D eigenvalue weighted by Crippen LogP contribution is -2.53. The fourth-order valence-corrected chi connectivity index (χ4v) is 8.84. The molecular weight excluding hydrogens is 723 g/mol. The van der Waals surface area contributed by atoms with Crippen molar-refractivity contribution in [3.63, 3.8) is 0 Å². The van der Waals surface area contributed by atoms with Crippen LogP contribution < -0.4 is 15.2 Å². The molecule has 52 heavy (non-hydrogen) atoms. The standard InChI is InChI=1S/C36H41ClF3N5O6S/c1-20-5-4-6-21(2)31(20)28-17-30-43-34(42-28)44-52(48,49)29-16-24(8-7-23(29)15-22(3)51-33(37)47)32(46)45(26-11-9-25(41)10-12-26)27(19-50-30)18-35(13-14-35)36(38,39)40/h4-8,16-17,22,25-27H,9-15,18-19,41H2,1-3H3,(H,42,43,44)/t22?,25?,26?,27-/m1/s1. The summed E-state index contributed by atoms with van der Waals surface area (Å²) in [6.45, 7) is 4.92. The third kappa shape index (κ3) is 8.01. The Kier molecular flexibility index (Phi) is 10.5. The fourth-order valence-electron chi connectivity index (χ4n) is 7.47. The average Bonchev–Trinajstić information content (AvgIpc) is 3.85. The molecule has 2 atom stereocenters. The molecule has 4 bridgehead atoms. The van der Waals surface area contributed by atoms with Gasteiger partial charge in [-0.3, -0.25) is 4.79 Å². The van der Waals surface area contributed by atoms with Crippen molar-refractivity contribution in [1.29, 1.82) is 0 Å². The maximum absolute atomic E-state index is 14.7. The third-order valence-corrected chi connectivity index (χ3v) is 11.8. The first-order valence-electron chi connectivity index (χ1n) is 17.2. The van der Waals surface area contributed by atoms with Gasteiger partial charge in [-0.15, -0.1) is 0 Å². The Morgan fingerprint density at radius 2 is 1.79 bits per heavy atom. The zero-order chi connectivity index (χ0) is 37.6. The Balaban J connectivity index is 1.54. The summed E-state index contributed by atoms with van der Waals surface area (Å²) in [6.07, 6.45) is -4.01. The number of benzene rings is 2. The second kappa shape index (κ2) is 14.5. The van der Waals surface area contributed by atoms with Crippen LogP contribution in [-0.2, 0) is 21.2 Å². The van der Waals surface area contributed by atoms with Crippen LogP contribution in [0.5, 0.6) is 5.88 Å². The molecule has 2 aliphatic carbocycles. The van der Waals surface area contributed by atoms with E-state index in [0.29, 0.717) is 36.9 Å². The molecule has 2 saturated carbocycles. The average molecular weight is 764 g/mol. The minimum absolute atomic E-state index is 0.0501. The number of halogens is 4. The van der Waals surface area contributed by atoms with E-state index in [1.54, 1.807) is 0 Å². The molecule has 1 unspecified atom stereocenters. The van der Waals surface area contributed by atoms with Crippen molar-refractivity contribution in [2.75, 3.05) is 11.3 Å². The number of aryl methyl sites for hydroxylation is 2. The van der Waals surface area contributed by atoms with Gasteiger partial charge in [-0.2, -0.15) is 18.2 Å². The second-order valence-electron chi connectivity index (χ2n) is 14.2. The molecular formula is C36H41ClF3N5O6S. The van der Waals surface area contributed by atoms with Crippen molar-refractivity contribution in [2.45, 2.75) is 107 Å².